The molecule has 0 aromatic heterocycles. The van der Waals surface area contributed by atoms with Gasteiger partial charge in [-0.2, -0.15) is 0 Å². The minimum Gasteiger partial charge on any atom is -0.497 e. The standard InChI is InChI=1S/C17H13BrO2/c1-20-12-7-8-13-14(10-12)16(18)15(17(13)19)9-11-5-3-2-4-6-11/h2-10,16H,1H3. The van der Waals surface area contributed by atoms with Gasteiger partial charge in [-0.15, -0.1) is 0 Å². The van der Waals surface area contributed by atoms with Crippen molar-refractivity contribution in [1.82, 2.24) is 0 Å². The lowest BCUT2D eigenvalue weighted by molar-refractivity contribution is 0.104. The van der Waals surface area contributed by atoms with Crippen LogP contribution in [0.4, 0.5) is 0 Å². The first kappa shape index (κ1) is 13.1. The molecule has 1 aliphatic carbocycles. The number of hydrogen-bond donors (Lipinski definition) is 0. The summed E-state index contributed by atoms with van der Waals surface area (Å²) in [5.41, 5.74) is 3.51. The number of halogens is 1. The highest BCUT2D eigenvalue weighted by atomic mass is 79.9. The minimum absolute atomic E-state index is 0.0772. The molecule has 0 fully saturated rings. The van der Waals surface area contributed by atoms with Gasteiger partial charge in [-0.05, 0) is 35.4 Å². The monoisotopic (exact) mass is 328 g/mol. The zero-order chi connectivity index (χ0) is 14.1. The van der Waals surface area contributed by atoms with Crippen molar-refractivity contribution in [3.05, 3.63) is 70.8 Å². The summed E-state index contributed by atoms with van der Waals surface area (Å²) in [6, 6.07) is 15.4. The molecule has 100 valence electrons. The van der Waals surface area contributed by atoms with Crippen LogP contribution in [-0.2, 0) is 0 Å². The molecule has 3 heteroatoms. The number of methoxy groups -OCH3 is 1. The maximum atomic E-state index is 12.5. The van der Waals surface area contributed by atoms with Crippen LogP contribution in [0, 0.1) is 0 Å². The number of allylic oxidation sites excluding steroid dienone is 1. The number of hydrogen-bond acceptors (Lipinski definition) is 2. The summed E-state index contributed by atoms with van der Waals surface area (Å²) in [4.78, 5) is 12.4. The lowest BCUT2D eigenvalue weighted by atomic mass is 10.1. The Morgan fingerprint density at radius 1 is 1.15 bits per heavy atom. The van der Waals surface area contributed by atoms with E-state index in [1.165, 1.54) is 0 Å². The molecule has 0 heterocycles. The predicted molar refractivity (Wildman–Crippen MR) is 83.4 cm³/mol. The molecule has 0 saturated heterocycles. The number of fused-ring (bicyclic) bond motifs is 1. The molecule has 0 N–H and O–H groups in total. The Balaban J connectivity index is 2.05. The number of carbonyl (C=O) groups excluding carboxylic acids is 1. The van der Waals surface area contributed by atoms with Crippen LogP contribution >= 0.6 is 15.9 Å². The van der Waals surface area contributed by atoms with Gasteiger partial charge in [0.25, 0.3) is 0 Å². The van der Waals surface area contributed by atoms with E-state index in [9.17, 15) is 4.79 Å². The smallest absolute Gasteiger partial charge is 0.190 e. The molecule has 0 radical (unpaired) electrons. The predicted octanol–water partition coefficient (Wildman–Crippen LogP) is 4.41. The lowest BCUT2D eigenvalue weighted by Crippen LogP contribution is -1.96. The fraction of sp³-hybridized carbons (Fsp3) is 0.118. The van der Waals surface area contributed by atoms with E-state index in [1.807, 2.05) is 54.6 Å². The maximum absolute atomic E-state index is 12.5. The van der Waals surface area contributed by atoms with Gasteiger partial charge in [0.1, 0.15) is 5.75 Å². The number of rotatable bonds is 2. The van der Waals surface area contributed by atoms with E-state index >= 15 is 0 Å². The van der Waals surface area contributed by atoms with Gasteiger partial charge in [0.15, 0.2) is 5.78 Å². The molecule has 1 aliphatic rings. The first-order valence-corrected chi connectivity index (χ1v) is 7.25. The Hall–Kier alpha value is -1.87. The summed E-state index contributed by atoms with van der Waals surface area (Å²) in [6.45, 7) is 0. The van der Waals surface area contributed by atoms with E-state index in [1.54, 1.807) is 7.11 Å². The summed E-state index contributed by atoms with van der Waals surface area (Å²) >= 11 is 3.62. The van der Waals surface area contributed by atoms with Crippen LogP contribution in [0.2, 0.25) is 0 Å². The normalized spacial score (nSPS) is 19.2. The van der Waals surface area contributed by atoms with Crippen molar-refractivity contribution in [2.45, 2.75) is 4.83 Å². The molecule has 2 nitrogen and oxygen atoms in total. The van der Waals surface area contributed by atoms with Gasteiger partial charge >= 0.3 is 0 Å². The minimum atomic E-state index is -0.0830. The molecular formula is C17H13BrO2. The van der Waals surface area contributed by atoms with Crippen LogP contribution in [0.3, 0.4) is 0 Å². The van der Waals surface area contributed by atoms with Crippen molar-refractivity contribution in [3.8, 4) is 5.75 Å². The van der Waals surface area contributed by atoms with Crippen LogP contribution in [0.1, 0.15) is 26.3 Å². The topological polar surface area (TPSA) is 26.3 Å². The van der Waals surface area contributed by atoms with Crippen molar-refractivity contribution >= 4 is 27.8 Å². The fourth-order valence-electron chi connectivity index (χ4n) is 2.39. The first-order valence-electron chi connectivity index (χ1n) is 6.34. The van der Waals surface area contributed by atoms with E-state index in [0.717, 1.165) is 28.0 Å². The number of alkyl halides is 1. The highest BCUT2D eigenvalue weighted by molar-refractivity contribution is 9.09. The summed E-state index contributed by atoms with van der Waals surface area (Å²) in [5.74, 6) is 0.843. The second-order valence-electron chi connectivity index (χ2n) is 4.66. The fourth-order valence-corrected chi connectivity index (χ4v) is 3.11. The van der Waals surface area contributed by atoms with Crippen LogP contribution < -0.4 is 4.74 Å². The Morgan fingerprint density at radius 2 is 1.90 bits per heavy atom. The molecule has 20 heavy (non-hydrogen) atoms. The molecular weight excluding hydrogens is 316 g/mol. The van der Waals surface area contributed by atoms with Crippen molar-refractivity contribution in [2.24, 2.45) is 0 Å². The van der Waals surface area contributed by atoms with Gasteiger partial charge in [0.05, 0.1) is 11.9 Å². The quantitative estimate of drug-likeness (QED) is 0.602. The highest BCUT2D eigenvalue weighted by Gasteiger charge is 2.33. The Kier molecular flexibility index (Phi) is 3.45. The van der Waals surface area contributed by atoms with Gasteiger partial charge in [-0.25, -0.2) is 0 Å². The number of ketones is 1. The van der Waals surface area contributed by atoms with E-state index in [0.29, 0.717) is 0 Å². The van der Waals surface area contributed by atoms with Crippen molar-refractivity contribution in [2.75, 3.05) is 7.11 Å². The largest absolute Gasteiger partial charge is 0.497 e. The molecule has 2 aromatic rings. The number of Topliss-reactive ketones (excluding diaryl/α,β-unsaturated/α-hetero) is 1. The molecule has 1 atom stereocenters. The van der Waals surface area contributed by atoms with E-state index in [-0.39, 0.29) is 10.6 Å². The van der Waals surface area contributed by atoms with Gasteiger partial charge in [0.2, 0.25) is 0 Å². The van der Waals surface area contributed by atoms with Crippen LogP contribution in [0.5, 0.6) is 5.75 Å². The molecule has 0 spiro atoms. The van der Waals surface area contributed by atoms with Crippen molar-refractivity contribution < 1.29 is 9.53 Å². The van der Waals surface area contributed by atoms with Crippen LogP contribution in [0.25, 0.3) is 6.08 Å². The number of benzene rings is 2. The molecule has 0 saturated carbocycles. The molecule has 0 amide bonds. The van der Waals surface area contributed by atoms with Gasteiger partial charge in [-0.3, -0.25) is 4.79 Å². The number of carbonyl (C=O) groups is 1. The van der Waals surface area contributed by atoms with E-state index < -0.39 is 0 Å². The molecule has 2 aromatic carbocycles. The van der Waals surface area contributed by atoms with Gasteiger partial charge in [0, 0.05) is 11.1 Å². The Labute approximate surface area is 126 Å². The maximum Gasteiger partial charge on any atom is 0.190 e. The third-order valence-corrected chi connectivity index (χ3v) is 4.42. The SMILES string of the molecule is COc1ccc2c(c1)C(Br)C(=Cc1ccccc1)C2=O. The highest BCUT2D eigenvalue weighted by Crippen LogP contribution is 2.43. The summed E-state index contributed by atoms with van der Waals surface area (Å²) in [6.07, 6.45) is 1.94. The molecule has 0 aliphatic heterocycles. The second kappa shape index (κ2) is 5.25. The van der Waals surface area contributed by atoms with Crippen molar-refractivity contribution in [1.29, 1.82) is 0 Å². The third kappa shape index (κ3) is 2.18. The molecule has 3 rings (SSSR count). The summed E-state index contributed by atoms with van der Waals surface area (Å²) in [5, 5.41) is 0. The summed E-state index contributed by atoms with van der Waals surface area (Å²) in [7, 11) is 1.63. The van der Waals surface area contributed by atoms with Gasteiger partial charge in [-0.1, -0.05) is 46.3 Å². The Morgan fingerprint density at radius 3 is 2.60 bits per heavy atom. The van der Waals surface area contributed by atoms with E-state index in [4.69, 9.17) is 4.74 Å². The van der Waals surface area contributed by atoms with Crippen molar-refractivity contribution in [3.63, 3.8) is 0 Å². The average molecular weight is 329 g/mol. The average Bonchev–Trinajstić information content (AvgIpc) is 2.73. The first-order chi connectivity index (χ1) is 9.70. The second-order valence-corrected chi connectivity index (χ2v) is 5.57. The zero-order valence-electron chi connectivity index (χ0n) is 11.0. The van der Waals surface area contributed by atoms with Crippen LogP contribution in [-0.4, -0.2) is 12.9 Å². The Bertz CT molecular complexity index is 689. The summed E-state index contributed by atoms with van der Waals surface area (Å²) < 4.78 is 5.22. The van der Waals surface area contributed by atoms with E-state index in [2.05, 4.69) is 15.9 Å². The van der Waals surface area contributed by atoms with Gasteiger partial charge < -0.3 is 4.74 Å². The van der Waals surface area contributed by atoms with Crippen LogP contribution in [0.15, 0.2) is 54.1 Å². The molecule has 0 bridgehead atoms. The molecule has 1 unspecified atom stereocenters. The number of ether oxygens (including phenoxy) is 1. The lowest BCUT2D eigenvalue weighted by Gasteiger charge is -2.05. The third-order valence-electron chi connectivity index (χ3n) is 3.43. The zero-order valence-corrected chi connectivity index (χ0v) is 12.6.